The Bertz CT molecular complexity index is 1050. The fourth-order valence-corrected chi connectivity index (χ4v) is 3.68. The molecule has 0 saturated heterocycles. The Morgan fingerprint density at radius 2 is 1.83 bits per heavy atom. The van der Waals surface area contributed by atoms with E-state index in [0.717, 1.165) is 16.9 Å². The van der Waals surface area contributed by atoms with Crippen LogP contribution in [0.5, 0.6) is 0 Å². The number of aryl methyl sites for hydroxylation is 1. The number of ether oxygens (including phenoxy) is 1. The van der Waals surface area contributed by atoms with E-state index >= 15 is 0 Å². The monoisotopic (exact) mass is 405 g/mol. The number of hydrogen-bond donors (Lipinski definition) is 0. The third kappa shape index (κ3) is 4.68. The summed E-state index contributed by atoms with van der Waals surface area (Å²) < 4.78 is 5.09. The molecule has 3 aromatic rings. The number of thiazole rings is 1. The predicted octanol–water partition coefficient (Wildman–Crippen LogP) is 4.35. The van der Waals surface area contributed by atoms with E-state index < -0.39 is 5.97 Å². The van der Waals surface area contributed by atoms with Crippen LogP contribution >= 0.6 is 11.3 Å². The molecule has 3 rings (SSSR count). The molecule has 0 aliphatic heterocycles. The van der Waals surface area contributed by atoms with Gasteiger partial charge in [-0.05, 0) is 43.7 Å². The molecule has 1 heterocycles. The van der Waals surface area contributed by atoms with E-state index in [9.17, 15) is 9.59 Å². The standard InChI is InChI=1S/C22H19N3O3S/c1-3-28-21(27)19-15(2)24-22(29-19)25(14-17-7-5-4-6-8-17)20(26)18-11-9-16(13-23)10-12-18/h4-12H,3,14H2,1-2H3. The van der Waals surface area contributed by atoms with Gasteiger partial charge in [0.15, 0.2) is 5.13 Å². The van der Waals surface area contributed by atoms with Gasteiger partial charge >= 0.3 is 5.97 Å². The number of amides is 1. The summed E-state index contributed by atoms with van der Waals surface area (Å²) in [5.74, 6) is -0.707. The summed E-state index contributed by atoms with van der Waals surface area (Å²) in [7, 11) is 0. The maximum Gasteiger partial charge on any atom is 0.350 e. The van der Waals surface area contributed by atoms with E-state index in [1.807, 2.05) is 36.4 Å². The summed E-state index contributed by atoms with van der Waals surface area (Å²) in [5.41, 5.74) is 2.37. The van der Waals surface area contributed by atoms with Crippen molar-refractivity contribution in [1.82, 2.24) is 4.98 Å². The number of aromatic nitrogens is 1. The summed E-state index contributed by atoms with van der Waals surface area (Å²) in [4.78, 5) is 31.8. The van der Waals surface area contributed by atoms with Gasteiger partial charge in [0, 0.05) is 5.56 Å². The van der Waals surface area contributed by atoms with E-state index in [1.54, 1.807) is 38.1 Å². The predicted molar refractivity (Wildman–Crippen MR) is 111 cm³/mol. The molecule has 7 heteroatoms. The average Bonchev–Trinajstić information content (AvgIpc) is 3.14. The first-order valence-corrected chi connectivity index (χ1v) is 9.85. The van der Waals surface area contributed by atoms with Gasteiger partial charge < -0.3 is 4.74 Å². The van der Waals surface area contributed by atoms with Crippen LogP contribution in [0.15, 0.2) is 54.6 Å². The second-order valence-electron chi connectivity index (χ2n) is 6.20. The highest BCUT2D eigenvalue weighted by Crippen LogP contribution is 2.29. The maximum absolute atomic E-state index is 13.3. The molecular weight excluding hydrogens is 386 g/mol. The number of hydrogen-bond acceptors (Lipinski definition) is 6. The molecule has 0 atom stereocenters. The van der Waals surface area contributed by atoms with E-state index in [4.69, 9.17) is 10.00 Å². The number of nitrogens with zero attached hydrogens (tertiary/aromatic N) is 3. The number of carbonyl (C=O) groups is 2. The molecule has 1 amide bonds. The van der Waals surface area contributed by atoms with Crippen LogP contribution in [0, 0.1) is 18.3 Å². The maximum atomic E-state index is 13.3. The van der Waals surface area contributed by atoms with E-state index in [2.05, 4.69) is 4.98 Å². The fourth-order valence-electron chi connectivity index (χ4n) is 2.72. The zero-order valence-corrected chi connectivity index (χ0v) is 16.9. The molecule has 29 heavy (non-hydrogen) atoms. The molecule has 0 bridgehead atoms. The lowest BCUT2D eigenvalue weighted by atomic mass is 10.1. The Balaban J connectivity index is 1.99. The van der Waals surface area contributed by atoms with Crippen LogP contribution in [-0.4, -0.2) is 23.5 Å². The fraction of sp³-hybridized carbons (Fsp3) is 0.182. The highest BCUT2D eigenvalue weighted by molar-refractivity contribution is 7.17. The van der Waals surface area contributed by atoms with Crippen molar-refractivity contribution in [3.63, 3.8) is 0 Å². The molecule has 0 saturated carbocycles. The molecule has 0 N–H and O–H groups in total. The van der Waals surface area contributed by atoms with Gasteiger partial charge in [-0.3, -0.25) is 9.69 Å². The number of carbonyl (C=O) groups excluding carboxylic acids is 2. The summed E-state index contributed by atoms with van der Waals surface area (Å²) in [6, 6.07) is 18.0. The summed E-state index contributed by atoms with van der Waals surface area (Å²) in [6.45, 7) is 4.03. The first kappa shape index (κ1) is 20.2. The summed E-state index contributed by atoms with van der Waals surface area (Å²) in [6.07, 6.45) is 0. The highest BCUT2D eigenvalue weighted by atomic mass is 32.1. The minimum atomic E-state index is -0.445. The lowest BCUT2D eigenvalue weighted by molar-refractivity contribution is 0.0531. The summed E-state index contributed by atoms with van der Waals surface area (Å²) >= 11 is 1.13. The van der Waals surface area contributed by atoms with Crippen LogP contribution in [-0.2, 0) is 11.3 Å². The molecule has 6 nitrogen and oxygen atoms in total. The van der Waals surface area contributed by atoms with Crippen LogP contribution in [0.3, 0.4) is 0 Å². The molecule has 0 fully saturated rings. The highest BCUT2D eigenvalue weighted by Gasteiger charge is 2.25. The second kappa shape index (κ2) is 9.13. The zero-order chi connectivity index (χ0) is 20.8. The van der Waals surface area contributed by atoms with Crippen molar-refractivity contribution in [2.45, 2.75) is 20.4 Å². The number of esters is 1. The topological polar surface area (TPSA) is 83.3 Å². The molecule has 0 radical (unpaired) electrons. The van der Waals surface area contributed by atoms with Crippen LogP contribution in [0.1, 0.15) is 43.8 Å². The van der Waals surface area contributed by atoms with Crippen LogP contribution < -0.4 is 4.90 Å². The van der Waals surface area contributed by atoms with Crippen LogP contribution in [0.4, 0.5) is 5.13 Å². The molecule has 146 valence electrons. The van der Waals surface area contributed by atoms with Gasteiger partial charge in [0.05, 0.1) is 30.5 Å². The zero-order valence-electron chi connectivity index (χ0n) is 16.1. The van der Waals surface area contributed by atoms with Gasteiger partial charge in [-0.2, -0.15) is 5.26 Å². The smallest absolute Gasteiger partial charge is 0.350 e. The average molecular weight is 405 g/mol. The number of anilines is 1. The van der Waals surface area contributed by atoms with Crippen molar-refractivity contribution in [3.8, 4) is 6.07 Å². The third-order valence-electron chi connectivity index (χ3n) is 4.17. The van der Waals surface area contributed by atoms with Gasteiger partial charge in [-0.15, -0.1) is 0 Å². The molecule has 0 aliphatic rings. The number of rotatable bonds is 6. The van der Waals surface area contributed by atoms with Crippen molar-refractivity contribution >= 4 is 28.3 Å². The second-order valence-corrected chi connectivity index (χ2v) is 7.18. The quantitative estimate of drug-likeness (QED) is 0.570. The normalized spacial score (nSPS) is 10.2. The van der Waals surface area contributed by atoms with Gasteiger partial charge in [0.25, 0.3) is 5.91 Å². The number of nitriles is 1. The molecule has 2 aromatic carbocycles. The van der Waals surface area contributed by atoms with Crippen molar-refractivity contribution < 1.29 is 14.3 Å². The van der Waals surface area contributed by atoms with Crippen LogP contribution in [0.25, 0.3) is 0 Å². The number of benzene rings is 2. The largest absolute Gasteiger partial charge is 0.462 e. The minimum absolute atomic E-state index is 0.262. The first-order valence-electron chi connectivity index (χ1n) is 9.04. The van der Waals surface area contributed by atoms with E-state index in [0.29, 0.717) is 33.4 Å². The van der Waals surface area contributed by atoms with Crippen LogP contribution in [0.2, 0.25) is 0 Å². The molecular formula is C22H19N3O3S. The van der Waals surface area contributed by atoms with Crippen molar-refractivity contribution in [2.75, 3.05) is 11.5 Å². The Hall–Kier alpha value is -3.50. The van der Waals surface area contributed by atoms with E-state index in [-0.39, 0.29) is 12.5 Å². The van der Waals surface area contributed by atoms with Crippen molar-refractivity contribution in [2.24, 2.45) is 0 Å². The summed E-state index contributed by atoms with van der Waals surface area (Å²) in [5, 5.41) is 9.40. The Morgan fingerprint density at radius 3 is 2.45 bits per heavy atom. The molecule has 0 aliphatic carbocycles. The van der Waals surface area contributed by atoms with Gasteiger partial charge in [0.1, 0.15) is 4.88 Å². The Morgan fingerprint density at radius 1 is 1.14 bits per heavy atom. The Kier molecular flexibility index (Phi) is 6.37. The first-order chi connectivity index (χ1) is 14.0. The molecule has 1 aromatic heterocycles. The van der Waals surface area contributed by atoms with Crippen molar-refractivity contribution in [3.05, 3.63) is 81.9 Å². The van der Waals surface area contributed by atoms with Gasteiger partial charge in [0.2, 0.25) is 0 Å². The van der Waals surface area contributed by atoms with Gasteiger partial charge in [-0.25, -0.2) is 9.78 Å². The van der Waals surface area contributed by atoms with Gasteiger partial charge in [-0.1, -0.05) is 41.7 Å². The third-order valence-corrected chi connectivity index (χ3v) is 5.33. The van der Waals surface area contributed by atoms with Crippen molar-refractivity contribution in [1.29, 1.82) is 5.26 Å². The van der Waals surface area contributed by atoms with E-state index in [1.165, 1.54) is 4.90 Å². The molecule has 0 spiro atoms. The Labute approximate surface area is 173 Å². The molecule has 0 unspecified atom stereocenters. The minimum Gasteiger partial charge on any atom is -0.462 e. The SMILES string of the molecule is CCOC(=O)c1sc(N(Cc2ccccc2)C(=O)c2ccc(C#N)cc2)nc1C. The lowest BCUT2D eigenvalue weighted by Crippen LogP contribution is -2.30. The lowest BCUT2D eigenvalue weighted by Gasteiger charge is -2.20.